The van der Waals surface area contributed by atoms with Crippen molar-refractivity contribution in [2.75, 3.05) is 20.8 Å². The molecular formula is C15H23N3O3. The molecule has 116 valence electrons. The number of benzene rings is 1. The number of hydrogen-bond donors (Lipinski definition) is 2. The fourth-order valence-electron chi connectivity index (χ4n) is 2.40. The molecule has 2 aromatic rings. The van der Waals surface area contributed by atoms with E-state index < -0.39 is 0 Å². The van der Waals surface area contributed by atoms with E-state index in [0.29, 0.717) is 24.5 Å². The van der Waals surface area contributed by atoms with Gasteiger partial charge in [-0.2, -0.15) is 0 Å². The van der Waals surface area contributed by atoms with E-state index in [-0.39, 0.29) is 12.6 Å². The Morgan fingerprint density at radius 2 is 1.95 bits per heavy atom. The van der Waals surface area contributed by atoms with Gasteiger partial charge in [-0.25, -0.2) is 4.98 Å². The number of rotatable bonds is 7. The molecule has 2 rings (SSSR count). The zero-order chi connectivity index (χ0) is 15.4. The molecule has 3 N–H and O–H groups in total. The van der Waals surface area contributed by atoms with Gasteiger partial charge in [0.1, 0.15) is 5.82 Å². The van der Waals surface area contributed by atoms with Crippen LogP contribution in [0.4, 0.5) is 0 Å². The third-order valence-corrected chi connectivity index (χ3v) is 3.59. The van der Waals surface area contributed by atoms with Crippen molar-refractivity contribution < 1.29 is 14.6 Å². The number of ether oxygens (including phenoxy) is 2. The highest BCUT2D eigenvalue weighted by Gasteiger charge is 2.18. The highest BCUT2D eigenvalue weighted by molar-refractivity contribution is 5.80. The standard InChI is InChI=1S/C15H23N3O3/c1-4-10(16)15-17-11-8-13(20-2)14(21-3)9-12(11)18(15)6-5-7-19/h8-10,19H,4-7,16H2,1-3H3. The van der Waals surface area contributed by atoms with Crippen LogP contribution in [0.2, 0.25) is 0 Å². The highest BCUT2D eigenvalue weighted by atomic mass is 16.5. The SMILES string of the molecule is CCC(N)c1nc2cc(OC)c(OC)cc2n1CCCO. The first-order valence-electron chi connectivity index (χ1n) is 7.14. The Morgan fingerprint density at radius 3 is 2.52 bits per heavy atom. The van der Waals surface area contributed by atoms with Crippen molar-refractivity contribution in [2.24, 2.45) is 5.73 Å². The molecule has 21 heavy (non-hydrogen) atoms. The first kappa shape index (κ1) is 15.6. The summed E-state index contributed by atoms with van der Waals surface area (Å²) in [6.45, 7) is 2.83. The van der Waals surface area contributed by atoms with Crippen LogP contribution in [0, 0.1) is 0 Å². The molecule has 1 atom stereocenters. The summed E-state index contributed by atoms with van der Waals surface area (Å²) < 4.78 is 12.7. The molecular weight excluding hydrogens is 270 g/mol. The van der Waals surface area contributed by atoms with Crippen LogP contribution < -0.4 is 15.2 Å². The van der Waals surface area contributed by atoms with Crippen molar-refractivity contribution in [3.05, 3.63) is 18.0 Å². The van der Waals surface area contributed by atoms with E-state index in [4.69, 9.17) is 20.3 Å². The Hall–Kier alpha value is -1.79. The fraction of sp³-hybridized carbons (Fsp3) is 0.533. The molecule has 0 aliphatic rings. The van der Waals surface area contributed by atoms with Gasteiger partial charge in [-0.15, -0.1) is 0 Å². The van der Waals surface area contributed by atoms with Crippen molar-refractivity contribution in [2.45, 2.75) is 32.4 Å². The van der Waals surface area contributed by atoms with Gasteiger partial charge in [0.25, 0.3) is 0 Å². The Morgan fingerprint density at radius 1 is 1.29 bits per heavy atom. The molecule has 0 aliphatic carbocycles. The number of methoxy groups -OCH3 is 2. The minimum Gasteiger partial charge on any atom is -0.493 e. The van der Waals surface area contributed by atoms with Crippen LogP contribution in [-0.4, -0.2) is 35.5 Å². The average molecular weight is 293 g/mol. The van der Waals surface area contributed by atoms with Gasteiger partial charge in [0, 0.05) is 25.3 Å². The summed E-state index contributed by atoms with van der Waals surface area (Å²) in [6.07, 6.45) is 1.46. The van der Waals surface area contributed by atoms with Crippen molar-refractivity contribution in [3.63, 3.8) is 0 Å². The summed E-state index contributed by atoms with van der Waals surface area (Å²) in [6, 6.07) is 3.63. The second-order valence-electron chi connectivity index (χ2n) is 4.91. The molecule has 1 aromatic carbocycles. The van der Waals surface area contributed by atoms with Crippen LogP contribution in [0.5, 0.6) is 11.5 Å². The van der Waals surface area contributed by atoms with E-state index in [1.54, 1.807) is 14.2 Å². The first-order chi connectivity index (χ1) is 10.2. The number of imidazole rings is 1. The monoisotopic (exact) mass is 293 g/mol. The predicted molar refractivity (Wildman–Crippen MR) is 81.8 cm³/mol. The van der Waals surface area contributed by atoms with Crippen LogP contribution in [0.3, 0.4) is 0 Å². The summed E-state index contributed by atoms with van der Waals surface area (Å²) in [7, 11) is 3.21. The summed E-state index contributed by atoms with van der Waals surface area (Å²) >= 11 is 0. The summed E-state index contributed by atoms with van der Waals surface area (Å²) in [5.41, 5.74) is 7.93. The number of hydrogen-bond acceptors (Lipinski definition) is 5. The molecule has 0 fully saturated rings. The highest BCUT2D eigenvalue weighted by Crippen LogP contribution is 2.33. The van der Waals surface area contributed by atoms with Gasteiger partial charge in [-0.05, 0) is 12.8 Å². The largest absolute Gasteiger partial charge is 0.493 e. The molecule has 0 radical (unpaired) electrons. The Labute approximate surface area is 124 Å². The van der Waals surface area contributed by atoms with E-state index in [2.05, 4.69) is 9.55 Å². The Balaban J connectivity index is 2.61. The second kappa shape index (κ2) is 6.78. The lowest BCUT2D eigenvalue weighted by molar-refractivity contribution is 0.279. The van der Waals surface area contributed by atoms with Crippen molar-refractivity contribution in [3.8, 4) is 11.5 Å². The molecule has 0 aliphatic heterocycles. The quantitative estimate of drug-likeness (QED) is 0.814. The topological polar surface area (TPSA) is 82.5 Å². The van der Waals surface area contributed by atoms with E-state index in [1.165, 1.54) is 0 Å². The molecule has 6 heteroatoms. The molecule has 1 aromatic heterocycles. The number of nitrogens with zero attached hydrogens (tertiary/aromatic N) is 2. The zero-order valence-electron chi connectivity index (χ0n) is 12.8. The van der Waals surface area contributed by atoms with Crippen LogP contribution >= 0.6 is 0 Å². The molecule has 6 nitrogen and oxygen atoms in total. The lowest BCUT2D eigenvalue weighted by Gasteiger charge is -2.13. The normalized spacial score (nSPS) is 12.6. The van der Waals surface area contributed by atoms with Gasteiger partial charge in [0.05, 0.1) is 31.3 Å². The van der Waals surface area contributed by atoms with Crippen molar-refractivity contribution >= 4 is 11.0 Å². The summed E-state index contributed by atoms with van der Waals surface area (Å²) in [4.78, 5) is 4.64. The minimum absolute atomic E-state index is 0.131. The smallest absolute Gasteiger partial charge is 0.163 e. The Bertz CT molecular complexity index is 610. The molecule has 0 saturated carbocycles. The molecule has 0 saturated heterocycles. The fourth-order valence-corrected chi connectivity index (χ4v) is 2.40. The molecule has 0 bridgehead atoms. The van der Waals surface area contributed by atoms with E-state index in [9.17, 15) is 0 Å². The van der Waals surface area contributed by atoms with E-state index in [0.717, 1.165) is 23.3 Å². The maximum atomic E-state index is 9.10. The zero-order valence-corrected chi connectivity index (χ0v) is 12.8. The lowest BCUT2D eigenvalue weighted by Crippen LogP contribution is -2.16. The van der Waals surface area contributed by atoms with E-state index >= 15 is 0 Å². The van der Waals surface area contributed by atoms with Crippen LogP contribution in [-0.2, 0) is 6.54 Å². The summed E-state index contributed by atoms with van der Waals surface area (Å²) in [5, 5.41) is 9.10. The number of aliphatic hydroxyl groups is 1. The Kier molecular flexibility index (Phi) is 5.03. The van der Waals surface area contributed by atoms with Gasteiger partial charge in [-0.1, -0.05) is 6.92 Å². The number of aryl methyl sites for hydroxylation is 1. The number of aromatic nitrogens is 2. The first-order valence-corrected chi connectivity index (χ1v) is 7.14. The molecule has 1 unspecified atom stereocenters. The lowest BCUT2D eigenvalue weighted by atomic mass is 10.2. The summed E-state index contributed by atoms with van der Waals surface area (Å²) in [5.74, 6) is 2.14. The van der Waals surface area contributed by atoms with Gasteiger partial charge in [-0.3, -0.25) is 0 Å². The van der Waals surface area contributed by atoms with Gasteiger partial charge in [0.2, 0.25) is 0 Å². The molecule has 0 spiro atoms. The maximum Gasteiger partial charge on any atom is 0.163 e. The minimum atomic E-state index is -0.131. The van der Waals surface area contributed by atoms with Gasteiger partial charge < -0.3 is 24.9 Å². The third kappa shape index (κ3) is 2.96. The number of fused-ring (bicyclic) bond motifs is 1. The molecule has 0 amide bonds. The van der Waals surface area contributed by atoms with E-state index in [1.807, 2.05) is 19.1 Å². The predicted octanol–water partition coefficient (Wildman–Crippen LogP) is 1.85. The number of aliphatic hydroxyl groups excluding tert-OH is 1. The van der Waals surface area contributed by atoms with Crippen LogP contribution in [0.15, 0.2) is 12.1 Å². The molecule has 1 heterocycles. The van der Waals surface area contributed by atoms with Crippen LogP contribution in [0.25, 0.3) is 11.0 Å². The average Bonchev–Trinajstić information content (AvgIpc) is 2.87. The third-order valence-electron chi connectivity index (χ3n) is 3.59. The van der Waals surface area contributed by atoms with Crippen molar-refractivity contribution in [1.29, 1.82) is 0 Å². The number of nitrogens with two attached hydrogens (primary N) is 1. The van der Waals surface area contributed by atoms with Gasteiger partial charge >= 0.3 is 0 Å². The van der Waals surface area contributed by atoms with Gasteiger partial charge in [0.15, 0.2) is 11.5 Å². The maximum absolute atomic E-state index is 9.10. The second-order valence-corrected chi connectivity index (χ2v) is 4.91. The van der Waals surface area contributed by atoms with Crippen LogP contribution in [0.1, 0.15) is 31.6 Å². The van der Waals surface area contributed by atoms with Crippen molar-refractivity contribution in [1.82, 2.24) is 9.55 Å².